The molecule has 1 aliphatic heterocycles. The fourth-order valence-electron chi connectivity index (χ4n) is 2.79. The van der Waals surface area contributed by atoms with Gasteiger partial charge < -0.3 is 49.3 Å². The number of hydrogen-bond acceptors (Lipinski definition) is 14. The van der Waals surface area contributed by atoms with E-state index in [1.54, 1.807) is 0 Å². The van der Waals surface area contributed by atoms with E-state index in [2.05, 4.69) is 23.8 Å². The Labute approximate surface area is 172 Å². The van der Waals surface area contributed by atoms with E-state index in [4.69, 9.17) is 10.5 Å². The zero-order chi connectivity index (χ0) is 23.2. The Morgan fingerprint density at radius 2 is 1.81 bits per heavy atom. The minimum Gasteiger partial charge on any atom is -0.789 e. The van der Waals surface area contributed by atoms with Crippen molar-refractivity contribution in [2.75, 3.05) is 18.2 Å². The number of rotatable bonds is 8. The second-order valence-electron chi connectivity index (χ2n) is 6.37. The van der Waals surface area contributed by atoms with Crippen molar-refractivity contribution in [1.82, 2.24) is 19.5 Å². The number of fused-ring (bicyclic) bond motifs is 1. The smallest absolute Gasteiger partial charge is 0.344 e. The number of aromatic nitrogens is 4. The van der Waals surface area contributed by atoms with Crippen LogP contribution >= 0.6 is 23.0 Å². The van der Waals surface area contributed by atoms with Gasteiger partial charge in [-0.25, -0.2) is 15.0 Å². The van der Waals surface area contributed by atoms with Crippen LogP contribution in [-0.4, -0.2) is 70.3 Å². The van der Waals surface area contributed by atoms with Crippen molar-refractivity contribution in [1.29, 1.82) is 0 Å². The highest BCUT2D eigenvalue weighted by Gasteiger charge is 2.46. The van der Waals surface area contributed by atoms with Crippen molar-refractivity contribution in [2.45, 2.75) is 24.5 Å². The largest absolute Gasteiger partial charge is 0.789 e. The highest BCUT2D eigenvalue weighted by molar-refractivity contribution is 7.73. The zero-order valence-electron chi connectivity index (χ0n) is 15.1. The van der Waals surface area contributed by atoms with Crippen LogP contribution in [0.3, 0.4) is 0 Å². The number of hydrogen-bond donors (Lipinski definition) is 5. The molecule has 6 N–H and O–H groups in total. The molecule has 0 bridgehead atoms. The summed E-state index contributed by atoms with van der Waals surface area (Å²) in [5.41, 5.74) is 6.03. The van der Waals surface area contributed by atoms with Gasteiger partial charge in [-0.05, 0) is 0 Å². The van der Waals surface area contributed by atoms with Crippen LogP contribution in [-0.2, 0) is 27.3 Å². The predicted molar refractivity (Wildman–Crippen MR) is 94.8 cm³/mol. The van der Waals surface area contributed by atoms with Crippen LogP contribution in [0.1, 0.15) is 6.23 Å². The second kappa shape index (κ2) is 8.56. The lowest BCUT2D eigenvalue weighted by Crippen LogP contribution is -2.33. The lowest BCUT2D eigenvalue weighted by Gasteiger charge is -2.30. The fraction of sp³-hybridized carbons (Fsp3) is 0.545. The minimum absolute atomic E-state index is 0.0502. The van der Waals surface area contributed by atoms with Gasteiger partial charge in [-0.2, -0.15) is 0 Å². The second-order valence-corrected chi connectivity index (χ2v) is 11.9. The van der Waals surface area contributed by atoms with Gasteiger partial charge in [-0.1, -0.05) is 0 Å². The third-order valence-corrected chi connectivity index (χ3v) is 9.26. The van der Waals surface area contributed by atoms with Crippen molar-refractivity contribution in [3.05, 3.63) is 12.7 Å². The number of anilines is 1. The summed E-state index contributed by atoms with van der Waals surface area (Å²) >= 11 is 0. The lowest BCUT2D eigenvalue weighted by atomic mass is 10.1. The SMILES string of the molecule is Nc1ncnc2c1ncn2[C@@H]1O[C@H](COP(=O)(O)CP(=O)(O)OP(=O)([O-])[O-])[C@@H](O)[C@H]1O. The Balaban J connectivity index is 1.69. The van der Waals surface area contributed by atoms with E-state index in [1.807, 2.05) is 0 Å². The number of nitrogens with zero attached hydrogens (tertiary/aromatic N) is 4. The highest BCUT2D eigenvalue weighted by atomic mass is 31.3. The summed E-state index contributed by atoms with van der Waals surface area (Å²) < 4.78 is 48.6. The molecule has 3 heterocycles. The monoisotopic (exact) mass is 503 g/mol. The molecular formula is C11H16N5O12P3-2. The molecule has 0 aliphatic carbocycles. The number of ether oxygens (including phenoxy) is 1. The Bertz CT molecular complexity index is 1110. The third-order valence-electron chi connectivity index (χ3n) is 4.02. The van der Waals surface area contributed by atoms with Gasteiger partial charge >= 0.3 is 15.2 Å². The molecule has 6 atom stereocenters. The summed E-state index contributed by atoms with van der Waals surface area (Å²) in [6, 6.07) is 0. The summed E-state index contributed by atoms with van der Waals surface area (Å²) in [7, 11) is -16.2. The molecule has 0 aromatic carbocycles. The Morgan fingerprint density at radius 3 is 2.45 bits per heavy atom. The number of aliphatic hydroxyl groups excluding tert-OH is 2. The molecule has 17 nitrogen and oxygen atoms in total. The van der Waals surface area contributed by atoms with E-state index in [-0.39, 0.29) is 17.0 Å². The molecule has 0 radical (unpaired) electrons. The normalized spacial score (nSPS) is 28.5. The Kier molecular flexibility index (Phi) is 6.71. The van der Waals surface area contributed by atoms with Gasteiger partial charge in [-0.3, -0.25) is 18.0 Å². The van der Waals surface area contributed by atoms with E-state index in [1.165, 1.54) is 10.9 Å². The molecule has 0 spiro atoms. The van der Waals surface area contributed by atoms with Crippen molar-refractivity contribution >= 4 is 40.0 Å². The third kappa shape index (κ3) is 5.73. The van der Waals surface area contributed by atoms with E-state index >= 15 is 0 Å². The van der Waals surface area contributed by atoms with Gasteiger partial charge in [0.25, 0.3) is 0 Å². The molecule has 31 heavy (non-hydrogen) atoms. The van der Waals surface area contributed by atoms with Gasteiger partial charge in [-0.15, -0.1) is 0 Å². The summed E-state index contributed by atoms with van der Waals surface area (Å²) in [6.07, 6.45) is -3.53. The van der Waals surface area contributed by atoms with Gasteiger partial charge in [0.05, 0.1) is 20.8 Å². The fourth-order valence-corrected chi connectivity index (χ4v) is 7.23. The summed E-state index contributed by atoms with van der Waals surface area (Å²) in [4.78, 5) is 51.5. The molecule has 3 rings (SSSR count). The van der Waals surface area contributed by atoms with Crippen LogP contribution in [0.15, 0.2) is 12.7 Å². The molecular weight excluding hydrogens is 487 g/mol. The molecule has 1 saturated heterocycles. The first kappa shape index (κ1) is 24.3. The van der Waals surface area contributed by atoms with Crippen molar-refractivity contribution in [2.24, 2.45) is 0 Å². The van der Waals surface area contributed by atoms with E-state index in [0.717, 1.165) is 6.33 Å². The Morgan fingerprint density at radius 1 is 1.13 bits per heavy atom. The van der Waals surface area contributed by atoms with Crippen LogP contribution in [0.5, 0.6) is 0 Å². The first-order valence-electron chi connectivity index (χ1n) is 8.15. The Hall–Kier alpha value is -1.32. The molecule has 0 amide bonds. The lowest BCUT2D eigenvalue weighted by molar-refractivity contribution is -0.334. The maximum Gasteiger partial charge on any atom is 0.344 e. The molecule has 0 saturated carbocycles. The van der Waals surface area contributed by atoms with E-state index in [9.17, 15) is 43.5 Å². The van der Waals surface area contributed by atoms with Gasteiger partial charge in [0.15, 0.2) is 23.6 Å². The topological polar surface area (TPSA) is 276 Å². The van der Waals surface area contributed by atoms with Crippen LogP contribution in [0.4, 0.5) is 5.82 Å². The number of nitrogens with two attached hydrogens (primary N) is 1. The van der Waals surface area contributed by atoms with Crippen molar-refractivity contribution in [3.63, 3.8) is 0 Å². The molecule has 1 fully saturated rings. The van der Waals surface area contributed by atoms with Crippen molar-refractivity contribution < 1.29 is 57.1 Å². The number of phosphoric acid groups is 1. The quantitative estimate of drug-likeness (QED) is 0.228. The molecule has 20 heteroatoms. The van der Waals surface area contributed by atoms with Gasteiger partial charge in [0.1, 0.15) is 30.2 Å². The maximum atomic E-state index is 12.0. The molecule has 2 aromatic heterocycles. The van der Waals surface area contributed by atoms with E-state index in [0.29, 0.717) is 0 Å². The van der Waals surface area contributed by atoms with Crippen LogP contribution in [0, 0.1) is 0 Å². The first-order chi connectivity index (χ1) is 14.2. The first-order valence-corrected chi connectivity index (χ1v) is 13.1. The molecule has 2 aromatic rings. The predicted octanol–water partition coefficient (Wildman–Crippen LogP) is -2.78. The van der Waals surface area contributed by atoms with Crippen LogP contribution in [0.25, 0.3) is 11.2 Å². The summed E-state index contributed by atoms with van der Waals surface area (Å²) in [5, 5.41) is 20.5. The molecule has 2 unspecified atom stereocenters. The number of nitrogen functional groups attached to an aromatic ring is 1. The minimum atomic E-state index is -5.92. The van der Waals surface area contributed by atoms with Crippen LogP contribution < -0.4 is 15.5 Å². The van der Waals surface area contributed by atoms with Gasteiger partial charge in [0.2, 0.25) is 0 Å². The maximum absolute atomic E-state index is 12.0. The molecule has 174 valence electrons. The number of imidazole rings is 1. The number of aliphatic hydroxyl groups is 2. The summed E-state index contributed by atoms with van der Waals surface area (Å²) in [5.74, 6) is -1.67. The molecule has 1 aliphatic rings. The highest BCUT2D eigenvalue weighted by Crippen LogP contribution is 2.62. The average Bonchev–Trinajstić information content (AvgIpc) is 3.13. The van der Waals surface area contributed by atoms with Gasteiger partial charge in [0, 0.05) is 0 Å². The van der Waals surface area contributed by atoms with Crippen LogP contribution in [0.2, 0.25) is 0 Å². The average molecular weight is 503 g/mol. The van der Waals surface area contributed by atoms with E-state index < -0.39 is 60.1 Å². The summed E-state index contributed by atoms with van der Waals surface area (Å²) in [6.45, 7) is -0.862. The standard InChI is InChI=1S/C11H18N5O12P3/c12-9-6-10(14-2-13-9)16(3-15-6)11-8(18)7(17)5(27-11)1-26-29(19,20)4-30(21,22)28-31(23,24)25/h2-3,5,7-8,11,17-18H,1,4H2,(H,19,20)(H,21,22)(H2,12,13,14)(H2,23,24,25)/p-2/t5-,7-,8-,11-/m1/s1. The van der Waals surface area contributed by atoms with Crippen molar-refractivity contribution in [3.8, 4) is 0 Å². The zero-order valence-corrected chi connectivity index (χ0v) is 17.8.